The van der Waals surface area contributed by atoms with E-state index in [-0.39, 0.29) is 41.6 Å². The first kappa shape index (κ1) is 28.6. The maximum atomic E-state index is 16.5. The van der Waals surface area contributed by atoms with Crippen molar-refractivity contribution in [3.8, 4) is 29.4 Å². The molecule has 4 aromatic rings. The quantitative estimate of drug-likeness (QED) is 0.198. The van der Waals surface area contributed by atoms with Crippen LogP contribution in [0.2, 0.25) is 0 Å². The Morgan fingerprint density at radius 3 is 2.65 bits per heavy atom. The molecule has 1 saturated heterocycles. The molecule has 7 rings (SSSR count). The number of ether oxygens (including phenoxy) is 3. The average molecular weight is 587 g/mol. The second kappa shape index (κ2) is 10.7. The molecule has 0 radical (unpaired) electrons. The van der Waals surface area contributed by atoms with Crippen LogP contribution in [0.3, 0.4) is 0 Å². The number of rotatable bonds is 5. The zero-order valence-corrected chi connectivity index (χ0v) is 24.7. The molecule has 2 aromatic heterocycles. The number of aromatic nitrogens is 3. The number of piperidine rings is 1. The summed E-state index contributed by atoms with van der Waals surface area (Å²) in [5, 5.41) is 6.20. The number of pyridine rings is 1. The van der Waals surface area contributed by atoms with Gasteiger partial charge in [-0.15, -0.1) is 6.42 Å². The van der Waals surface area contributed by atoms with Gasteiger partial charge in [0, 0.05) is 49.2 Å². The second-order valence-corrected chi connectivity index (χ2v) is 11.9. The third-order valence-corrected chi connectivity index (χ3v) is 7.95. The van der Waals surface area contributed by atoms with Crippen LogP contribution in [0.15, 0.2) is 36.5 Å². The molecule has 0 spiro atoms. The van der Waals surface area contributed by atoms with Gasteiger partial charge in [0.25, 0.3) is 0 Å². The predicted octanol–water partition coefficient (Wildman–Crippen LogP) is 6.44. The molecule has 2 bridgehead atoms. The Balaban J connectivity index is 1.47. The summed E-state index contributed by atoms with van der Waals surface area (Å²) in [6.45, 7) is 6.01. The smallest absolute Gasteiger partial charge is 0.410 e. The van der Waals surface area contributed by atoms with Crippen LogP contribution >= 0.6 is 0 Å². The van der Waals surface area contributed by atoms with Gasteiger partial charge in [-0.25, -0.2) is 13.6 Å². The molecule has 2 unspecified atom stereocenters. The fourth-order valence-electron chi connectivity index (χ4n) is 6.14. The third kappa shape index (κ3) is 4.97. The molecule has 2 aromatic carbocycles. The SMILES string of the molecule is C#Cc1c(F)ccc2cc(OCOC)cc(-c3ncc4c(C5=CC6CCC5CN6C(=O)OC(C)(C)C)nn(C)c4c3F)c12. The van der Waals surface area contributed by atoms with Crippen LogP contribution in [0.1, 0.15) is 44.9 Å². The van der Waals surface area contributed by atoms with Gasteiger partial charge in [0.2, 0.25) is 0 Å². The zero-order valence-electron chi connectivity index (χ0n) is 24.7. The topological polar surface area (TPSA) is 78.7 Å². The van der Waals surface area contributed by atoms with E-state index in [2.05, 4.69) is 10.9 Å². The highest BCUT2D eigenvalue weighted by Crippen LogP contribution is 2.43. The fraction of sp³-hybridized carbons (Fsp3) is 0.364. The number of aryl methyl sites for hydroxylation is 1. The minimum absolute atomic E-state index is 0.00716. The Labute approximate surface area is 248 Å². The molecule has 43 heavy (non-hydrogen) atoms. The lowest BCUT2D eigenvalue weighted by Crippen LogP contribution is -2.51. The Morgan fingerprint density at radius 2 is 1.98 bits per heavy atom. The van der Waals surface area contributed by atoms with Gasteiger partial charge >= 0.3 is 6.09 Å². The Bertz CT molecular complexity index is 1850. The molecule has 4 heterocycles. The van der Waals surface area contributed by atoms with E-state index in [0.717, 1.165) is 18.4 Å². The molecule has 0 saturated carbocycles. The first-order chi connectivity index (χ1) is 20.5. The number of fused-ring (bicyclic) bond motifs is 4. The fourth-order valence-corrected chi connectivity index (χ4v) is 6.14. The molecule has 1 fully saturated rings. The molecule has 2 atom stereocenters. The van der Waals surface area contributed by atoms with Crippen LogP contribution in [0.5, 0.6) is 5.75 Å². The summed E-state index contributed by atoms with van der Waals surface area (Å²) >= 11 is 0. The van der Waals surface area contributed by atoms with E-state index in [1.165, 1.54) is 17.9 Å². The van der Waals surface area contributed by atoms with E-state index in [1.54, 1.807) is 36.3 Å². The van der Waals surface area contributed by atoms with Crippen LogP contribution < -0.4 is 4.74 Å². The van der Waals surface area contributed by atoms with Gasteiger partial charge in [-0.1, -0.05) is 18.1 Å². The maximum Gasteiger partial charge on any atom is 0.410 e. The van der Waals surface area contributed by atoms with Crippen molar-refractivity contribution in [1.82, 2.24) is 19.7 Å². The van der Waals surface area contributed by atoms with Crippen molar-refractivity contribution in [1.29, 1.82) is 0 Å². The lowest BCUT2D eigenvalue weighted by atomic mass is 9.78. The summed E-state index contributed by atoms with van der Waals surface area (Å²) in [6, 6.07) is 5.99. The lowest BCUT2D eigenvalue weighted by molar-refractivity contribution is 0.00979. The summed E-state index contributed by atoms with van der Waals surface area (Å²) in [5.41, 5.74) is 1.55. The van der Waals surface area contributed by atoms with Gasteiger partial charge in [0.15, 0.2) is 12.6 Å². The van der Waals surface area contributed by atoms with Gasteiger partial charge in [-0.3, -0.25) is 9.67 Å². The van der Waals surface area contributed by atoms with E-state index in [0.29, 0.717) is 39.7 Å². The van der Waals surface area contributed by atoms with Crippen LogP contribution in [-0.2, 0) is 16.5 Å². The van der Waals surface area contributed by atoms with Crippen molar-refractivity contribution < 1.29 is 27.8 Å². The average Bonchev–Trinajstić information content (AvgIpc) is 3.32. The normalized spacial score (nSPS) is 18.2. The van der Waals surface area contributed by atoms with E-state index in [1.807, 2.05) is 26.8 Å². The molecule has 2 aliphatic heterocycles. The first-order valence-electron chi connectivity index (χ1n) is 14.1. The van der Waals surface area contributed by atoms with E-state index in [4.69, 9.17) is 25.7 Å². The molecule has 1 aliphatic carbocycles. The third-order valence-electron chi connectivity index (χ3n) is 7.95. The molecule has 3 aliphatic rings. The first-order valence-corrected chi connectivity index (χ1v) is 14.1. The molecule has 8 nitrogen and oxygen atoms in total. The molecular formula is C33H32F2N4O4. The van der Waals surface area contributed by atoms with E-state index < -0.39 is 17.2 Å². The summed E-state index contributed by atoms with van der Waals surface area (Å²) < 4.78 is 49.2. The molecule has 0 N–H and O–H groups in total. The molecular weight excluding hydrogens is 554 g/mol. The highest BCUT2D eigenvalue weighted by molar-refractivity contribution is 6.03. The Kier molecular flexibility index (Phi) is 7.09. The number of hydrogen-bond acceptors (Lipinski definition) is 6. The Hall–Kier alpha value is -4.49. The number of terminal acetylenes is 1. The van der Waals surface area contributed by atoms with E-state index in [9.17, 15) is 9.18 Å². The summed E-state index contributed by atoms with van der Waals surface area (Å²) in [4.78, 5) is 19.2. The monoisotopic (exact) mass is 586 g/mol. The van der Waals surface area contributed by atoms with Gasteiger partial charge < -0.3 is 19.1 Å². The van der Waals surface area contributed by atoms with Crippen molar-refractivity contribution in [3.05, 3.63) is 59.4 Å². The number of carbonyl (C=O) groups excluding carboxylic acids is 1. The van der Waals surface area contributed by atoms with Gasteiger partial charge in [-0.2, -0.15) is 5.10 Å². The highest BCUT2D eigenvalue weighted by Gasteiger charge is 2.40. The van der Waals surface area contributed by atoms with Crippen molar-refractivity contribution in [2.75, 3.05) is 20.4 Å². The minimum Gasteiger partial charge on any atom is -0.468 e. The van der Waals surface area contributed by atoms with Crippen molar-refractivity contribution in [3.63, 3.8) is 0 Å². The standard InChI is InChI=1S/C33H32F2N4O4/c1-7-22-26(34)11-9-18-12-21(42-17-41-6)14-24(27(18)22)30-28(35)31-25(15-36-30)29(37-38(31)5)23-13-20-10-8-19(23)16-39(20)32(40)43-33(2,3)4/h1,9,11-15,19-20H,8,10,16-17H2,2-6H3. The van der Waals surface area contributed by atoms with Crippen LogP contribution in [0, 0.1) is 29.9 Å². The van der Waals surface area contributed by atoms with Gasteiger partial charge in [0.1, 0.15) is 28.4 Å². The number of methoxy groups -OCH3 is 1. The number of amides is 1. The van der Waals surface area contributed by atoms with Gasteiger partial charge in [0.05, 0.1) is 17.3 Å². The largest absolute Gasteiger partial charge is 0.468 e. The lowest BCUT2D eigenvalue weighted by Gasteiger charge is -2.44. The van der Waals surface area contributed by atoms with Crippen molar-refractivity contribution >= 4 is 33.3 Å². The summed E-state index contributed by atoms with van der Waals surface area (Å²) in [6.07, 6.45) is 10.7. The zero-order chi connectivity index (χ0) is 30.6. The predicted molar refractivity (Wildman–Crippen MR) is 159 cm³/mol. The number of halogens is 2. The maximum absolute atomic E-state index is 16.5. The molecule has 1 amide bonds. The van der Waals surface area contributed by atoms with Crippen molar-refractivity contribution in [2.24, 2.45) is 13.0 Å². The number of hydrogen-bond donors (Lipinski definition) is 0. The van der Waals surface area contributed by atoms with Crippen LogP contribution in [0.25, 0.3) is 38.5 Å². The summed E-state index contributed by atoms with van der Waals surface area (Å²) in [7, 11) is 3.17. The molecule has 10 heteroatoms. The minimum atomic E-state index is -0.617. The highest BCUT2D eigenvalue weighted by atomic mass is 19.1. The van der Waals surface area contributed by atoms with Gasteiger partial charge in [-0.05, 0) is 62.8 Å². The number of nitrogens with zero attached hydrogens (tertiary/aromatic N) is 4. The molecule has 222 valence electrons. The van der Waals surface area contributed by atoms with Crippen LogP contribution in [0.4, 0.5) is 13.6 Å². The van der Waals surface area contributed by atoms with E-state index >= 15 is 4.39 Å². The van der Waals surface area contributed by atoms with Crippen molar-refractivity contribution in [2.45, 2.75) is 45.3 Å². The summed E-state index contributed by atoms with van der Waals surface area (Å²) in [5.74, 6) is 1.62. The van der Waals surface area contributed by atoms with Crippen LogP contribution in [-0.4, -0.2) is 57.8 Å². The number of benzene rings is 2. The Morgan fingerprint density at radius 1 is 1.19 bits per heavy atom. The second-order valence-electron chi connectivity index (χ2n) is 11.9. The number of carbonyl (C=O) groups is 1.